The van der Waals surface area contributed by atoms with Gasteiger partial charge in [-0.15, -0.1) is 11.3 Å². The number of fused-ring (bicyclic) bond motifs is 1. The van der Waals surface area contributed by atoms with Crippen LogP contribution in [0.4, 0.5) is 0 Å². The number of H-pyrrole nitrogens is 1. The molecule has 0 saturated heterocycles. The number of aromatic nitrogens is 2. The maximum absolute atomic E-state index is 11.9. The Bertz CT molecular complexity index is 918. The Hall–Kier alpha value is -2.65. The van der Waals surface area contributed by atoms with E-state index in [0.29, 0.717) is 23.6 Å². The largest absolute Gasteiger partial charge is 0.462 e. The summed E-state index contributed by atoms with van der Waals surface area (Å²) in [5.74, 6) is -0.332. The van der Waals surface area contributed by atoms with E-state index in [-0.39, 0.29) is 5.97 Å². The predicted molar refractivity (Wildman–Crippen MR) is 89.4 cm³/mol. The summed E-state index contributed by atoms with van der Waals surface area (Å²) in [6.45, 7) is 3.94. The summed E-state index contributed by atoms with van der Waals surface area (Å²) >= 11 is 1.33. The van der Waals surface area contributed by atoms with Crippen molar-refractivity contribution in [2.24, 2.45) is 0 Å². The summed E-state index contributed by atoms with van der Waals surface area (Å²) in [7, 11) is 0. The van der Waals surface area contributed by atoms with Crippen LogP contribution in [0.25, 0.3) is 21.5 Å². The number of nitrogens with one attached hydrogen (secondary N) is 1. The van der Waals surface area contributed by atoms with E-state index < -0.39 is 0 Å². The highest BCUT2D eigenvalue weighted by Crippen LogP contribution is 2.31. The van der Waals surface area contributed by atoms with Crippen molar-refractivity contribution in [1.82, 2.24) is 9.97 Å². The highest BCUT2D eigenvalue weighted by molar-refractivity contribution is 7.17. The number of esters is 1. The number of nitriles is 1. The van der Waals surface area contributed by atoms with Crippen LogP contribution < -0.4 is 0 Å². The van der Waals surface area contributed by atoms with Crippen molar-refractivity contribution in [3.8, 4) is 16.6 Å². The second-order valence-electron chi connectivity index (χ2n) is 5.06. The monoisotopic (exact) mass is 325 g/mol. The lowest BCUT2D eigenvalue weighted by atomic mass is 10.1. The number of carbonyl (C=O) groups excluding carboxylic acids is 1. The molecule has 0 aliphatic heterocycles. The maximum atomic E-state index is 11.9. The molecule has 0 saturated carbocycles. The number of aryl methyl sites for hydroxylation is 1. The molecule has 0 atom stereocenters. The molecule has 0 spiro atoms. The first-order chi connectivity index (χ1) is 11.1. The molecule has 3 aromatic rings. The lowest BCUT2D eigenvalue weighted by Gasteiger charge is -1.99. The molecule has 0 aliphatic carbocycles. The normalized spacial score (nSPS) is 10.7. The number of carbonyl (C=O) groups is 1. The molecule has 0 radical (unpaired) electrons. The van der Waals surface area contributed by atoms with E-state index in [1.54, 1.807) is 6.92 Å². The number of nitrogens with zero attached hydrogens (tertiary/aromatic N) is 2. The minimum atomic E-state index is -0.332. The second-order valence-corrected chi connectivity index (χ2v) is 6.06. The second kappa shape index (κ2) is 6.23. The summed E-state index contributed by atoms with van der Waals surface area (Å²) in [6, 6.07) is 8.10. The highest BCUT2D eigenvalue weighted by Gasteiger charge is 2.17. The zero-order valence-electron chi connectivity index (χ0n) is 12.8. The molecule has 0 aliphatic rings. The summed E-state index contributed by atoms with van der Waals surface area (Å²) in [5, 5.41) is 10.7. The van der Waals surface area contributed by atoms with E-state index in [1.807, 2.05) is 31.3 Å². The van der Waals surface area contributed by atoms with E-state index >= 15 is 0 Å². The van der Waals surface area contributed by atoms with Gasteiger partial charge in [-0.25, -0.2) is 9.78 Å². The number of benzene rings is 1. The molecule has 5 nitrogen and oxygen atoms in total. The van der Waals surface area contributed by atoms with Gasteiger partial charge in [0.2, 0.25) is 0 Å². The summed E-state index contributed by atoms with van der Waals surface area (Å²) < 4.78 is 5.06. The molecule has 3 rings (SSSR count). The zero-order chi connectivity index (χ0) is 16.4. The number of rotatable bonds is 4. The Morgan fingerprint density at radius 2 is 2.30 bits per heavy atom. The van der Waals surface area contributed by atoms with Gasteiger partial charge in [0.25, 0.3) is 0 Å². The Kier molecular flexibility index (Phi) is 4.13. The van der Waals surface area contributed by atoms with Crippen LogP contribution in [0.3, 0.4) is 0 Å². The third-order valence-corrected chi connectivity index (χ3v) is 4.73. The minimum absolute atomic E-state index is 0.332. The van der Waals surface area contributed by atoms with Crippen LogP contribution in [0, 0.1) is 18.3 Å². The fourth-order valence-electron chi connectivity index (χ4n) is 2.45. The zero-order valence-corrected chi connectivity index (χ0v) is 13.7. The minimum Gasteiger partial charge on any atom is -0.462 e. The van der Waals surface area contributed by atoms with Crippen molar-refractivity contribution in [3.63, 3.8) is 0 Å². The fraction of sp³-hybridized carbons (Fsp3) is 0.235. The Balaban J connectivity index is 2.03. The van der Waals surface area contributed by atoms with E-state index in [9.17, 15) is 4.79 Å². The first-order valence-electron chi connectivity index (χ1n) is 7.26. The first kappa shape index (κ1) is 15.3. The highest BCUT2D eigenvalue weighted by atomic mass is 32.1. The third kappa shape index (κ3) is 2.83. The van der Waals surface area contributed by atoms with E-state index in [1.165, 1.54) is 11.3 Å². The summed E-state index contributed by atoms with van der Waals surface area (Å²) in [6.07, 6.45) is 2.21. The van der Waals surface area contributed by atoms with Gasteiger partial charge in [0, 0.05) is 22.7 Å². The molecule has 0 amide bonds. The van der Waals surface area contributed by atoms with Crippen LogP contribution in [-0.4, -0.2) is 22.5 Å². The summed E-state index contributed by atoms with van der Waals surface area (Å²) in [5.41, 5.74) is 3.55. The average Bonchev–Trinajstić information content (AvgIpc) is 3.11. The van der Waals surface area contributed by atoms with Crippen LogP contribution in [0.5, 0.6) is 0 Å². The molecule has 0 unspecified atom stereocenters. The molecular weight excluding hydrogens is 310 g/mol. The third-order valence-electron chi connectivity index (χ3n) is 3.54. The Morgan fingerprint density at radius 1 is 1.48 bits per heavy atom. The lowest BCUT2D eigenvalue weighted by Crippen LogP contribution is -2.03. The van der Waals surface area contributed by atoms with Crippen LogP contribution in [-0.2, 0) is 11.2 Å². The summed E-state index contributed by atoms with van der Waals surface area (Å²) in [4.78, 5) is 20.1. The van der Waals surface area contributed by atoms with Gasteiger partial charge in [0.15, 0.2) is 0 Å². The van der Waals surface area contributed by atoms with Gasteiger partial charge in [0.1, 0.15) is 9.88 Å². The van der Waals surface area contributed by atoms with Gasteiger partial charge >= 0.3 is 5.97 Å². The van der Waals surface area contributed by atoms with Crippen molar-refractivity contribution in [2.75, 3.05) is 6.61 Å². The lowest BCUT2D eigenvalue weighted by molar-refractivity contribution is 0.0531. The van der Waals surface area contributed by atoms with Gasteiger partial charge < -0.3 is 9.72 Å². The van der Waals surface area contributed by atoms with Crippen molar-refractivity contribution in [2.45, 2.75) is 20.3 Å². The number of aromatic amines is 1. The SMILES string of the molecule is CCOC(=O)c1sc(-c2ccc3[nH]cc(CC#N)c3c2)nc1C. The van der Waals surface area contributed by atoms with Gasteiger partial charge in [0.05, 0.1) is 24.8 Å². The van der Waals surface area contributed by atoms with Crippen molar-refractivity contribution in [3.05, 3.63) is 40.5 Å². The Morgan fingerprint density at radius 3 is 3.04 bits per heavy atom. The van der Waals surface area contributed by atoms with Gasteiger partial charge in [-0.1, -0.05) is 0 Å². The quantitative estimate of drug-likeness (QED) is 0.739. The van der Waals surface area contributed by atoms with E-state index in [2.05, 4.69) is 16.0 Å². The van der Waals surface area contributed by atoms with Crippen LogP contribution in [0.1, 0.15) is 27.9 Å². The average molecular weight is 325 g/mol. The van der Waals surface area contributed by atoms with Crippen molar-refractivity contribution >= 4 is 28.2 Å². The van der Waals surface area contributed by atoms with E-state index in [4.69, 9.17) is 10.00 Å². The van der Waals surface area contributed by atoms with Gasteiger partial charge in [-0.3, -0.25) is 0 Å². The van der Waals surface area contributed by atoms with Gasteiger partial charge in [-0.05, 0) is 37.6 Å². The van der Waals surface area contributed by atoms with Crippen molar-refractivity contribution in [1.29, 1.82) is 5.26 Å². The molecule has 2 aromatic heterocycles. The molecule has 116 valence electrons. The number of hydrogen-bond acceptors (Lipinski definition) is 5. The smallest absolute Gasteiger partial charge is 0.350 e. The topological polar surface area (TPSA) is 78.8 Å². The molecule has 1 N–H and O–H groups in total. The van der Waals surface area contributed by atoms with Crippen LogP contribution in [0.2, 0.25) is 0 Å². The number of thiazole rings is 1. The van der Waals surface area contributed by atoms with Crippen molar-refractivity contribution < 1.29 is 9.53 Å². The number of hydrogen-bond donors (Lipinski definition) is 1. The molecule has 23 heavy (non-hydrogen) atoms. The number of ether oxygens (including phenoxy) is 1. The molecule has 0 bridgehead atoms. The molecule has 6 heteroatoms. The van der Waals surface area contributed by atoms with Crippen LogP contribution in [0.15, 0.2) is 24.4 Å². The predicted octanol–water partition coefficient (Wildman–Crippen LogP) is 3.84. The Labute approximate surface area is 137 Å². The van der Waals surface area contributed by atoms with Gasteiger partial charge in [-0.2, -0.15) is 5.26 Å². The molecule has 0 fully saturated rings. The molecular formula is C17H15N3O2S. The molecule has 2 heterocycles. The standard InChI is InChI=1S/C17H15N3O2S/c1-3-22-17(21)15-10(2)20-16(23-15)11-4-5-14-13(8-11)12(6-7-18)9-19-14/h4-5,8-9,19H,3,6H2,1-2H3. The fourth-order valence-corrected chi connectivity index (χ4v) is 3.41. The van der Waals surface area contributed by atoms with E-state index in [0.717, 1.165) is 27.0 Å². The van der Waals surface area contributed by atoms with Crippen LogP contribution >= 0.6 is 11.3 Å². The maximum Gasteiger partial charge on any atom is 0.350 e. The molecule has 1 aromatic carbocycles. The first-order valence-corrected chi connectivity index (χ1v) is 8.07.